The largest absolute Gasteiger partial charge is 0.383 e. The molecule has 1 aliphatic rings. The van der Waals surface area contributed by atoms with Crippen molar-refractivity contribution < 1.29 is 4.74 Å². The Kier molecular flexibility index (Phi) is 4.53. The van der Waals surface area contributed by atoms with E-state index in [9.17, 15) is 0 Å². The number of methoxy groups -OCH3 is 1. The summed E-state index contributed by atoms with van der Waals surface area (Å²) in [5.41, 5.74) is 0. The van der Waals surface area contributed by atoms with Crippen LogP contribution in [0.2, 0.25) is 0 Å². The molecule has 0 amide bonds. The van der Waals surface area contributed by atoms with Gasteiger partial charge in [-0.3, -0.25) is 4.90 Å². The minimum atomic E-state index is 0.409. The molecule has 0 radical (unpaired) electrons. The molecule has 1 aromatic heterocycles. The molecule has 0 fully saturated rings. The second-order valence-corrected chi connectivity index (χ2v) is 4.48. The van der Waals surface area contributed by atoms with Crippen molar-refractivity contribution in [3.05, 3.63) is 18.2 Å². The summed E-state index contributed by atoms with van der Waals surface area (Å²) in [5, 5.41) is 3.45. The Morgan fingerprint density at radius 3 is 3.18 bits per heavy atom. The summed E-state index contributed by atoms with van der Waals surface area (Å²) in [6.07, 6.45) is 3.94. The molecule has 0 saturated carbocycles. The molecule has 0 saturated heterocycles. The highest BCUT2D eigenvalue weighted by Crippen LogP contribution is 2.10. The Hall–Kier alpha value is -0.910. The highest BCUT2D eigenvalue weighted by molar-refractivity contribution is 4.95. The van der Waals surface area contributed by atoms with Crippen molar-refractivity contribution in [3.63, 3.8) is 0 Å². The number of fused-ring (bicyclic) bond motifs is 1. The summed E-state index contributed by atoms with van der Waals surface area (Å²) >= 11 is 0. The smallest absolute Gasteiger partial charge is 0.122 e. The Morgan fingerprint density at radius 2 is 2.41 bits per heavy atom. The monoisotopic (exact) mass is 238 g/mol. The normalized spacial score (nSPS) is 18.0. The summed E-state index contributed by atoms with van der Waals surface area (Å²) in [5.74, 6) is 1.17. The molecule has 1 aliphatic heterocycles. The van der Waals surface area contributed by atoms with Crippen LogP contribution in [0, 0.1) is 0 Å². The third kappa shape index (κ3) is 3.28. The van der Waals surface area contributed by atoms with E-state index in [1.54, 1.807) is 7.11 Å². The molecule has 0 aromatic carbocycles. The minimum absolute atomic E-state index is 0.409. The van der Waals surface area contributed by atoms with Gasteiger partial charge in [0.1, 0.15) is 5.82 Å². The van der Waals surface area contributed by atoms with Crippen molar-refractivity contribution in [3.8, 4) is 0 Å². The number of hydrogen-bond acceptors (Lipinski definition) is 4. The van der Waals surface area contributed by atoms with Gasteiger partial charge in [-0.2, -0.15) is 0 Å². The molecule has 0 aliphatic carbocycles. The van der Waals surface area contributed by atoms with Crippen molar-refractivity contribution in [2.24, 2.45) is 0 Å². The van der Waals surface area contributed by atoms with Gasteiger partial charge in [-0.05, 0) is 6.54 Å². The second kappa shape index (κ2) is 6.14. The summed E-state index contributed by atoms with van der Waals surface area (Å²) in [7, 11) is 1.76. The van der Waals surface area contributed by atoms with Crippen LogP contribution in [0.1, 0.15) is 12.7 Å². The van der Waals surface area contributed by atoms with E-state index < -0.39 is 0 Å². The second-order valence-electron chi connectivity index (χ2n) is 4.48. The van der Waals surface area contributed by atoms with Gasteiger partial charge in [-0.25, -0.2) is 4.98 Å². The Morgan fingerprint density at radius 1 is 1.53 bits per heavy atom. The molecule has 2 rings (SSSR count). The Labute approximate surface area is 103 Å². The lowest BCUT2D eigenvalue weighted by atomic mass is 10.2. The lowest BCUT2D eigenvalue weighted by Gasteiger charge is -2.31. The molecule has 1 N–H and O–H groups in total. The van der Waals surface area contributed by atoms with E-state index in [0.717, 1.165) is 39.3 Å². The molecule has 96 valence electrons. The van der Waals surface area contributed by atoms with Gasteiger partial charge in [0, 0.05) is 45.2 Å². The summed E-state index contributed by atoms with van der Waals surface area (Å²) in [4.78, 5) is 6.82. The third-order valence-corrected chi connectivity index (χ3v) is 3.16. The Bertz CT molecular complexity index is 333. The van der Waals surface area contributed by atoms with Gasteiger partial charge < -0.3 is 14.6 Å². The Balaban J connectivity index is 1.87. The maximum absolute atomic E-state index is 5.24. The zero-order valence-corrected chi connectivity index (χ0v) is 10.7. The number of rotatable bonds is 6. The first-order valence-corrected chi connectivity index (χ1v) is 6.28. The van der Waals surface area contributed by atoms with E-state index in [1.807, 2.05) is 6.20 Å². The quantitative estimate of drug-likeness (QED) is 0.775. The van der Waals surface area contributed by atoms with Gasteiger partial charge >= 0.3 is 0 Å². The van der Waals surface area contributed by atoms with E-state index in [-0.39, 0.29) is 0 Å². The van der Waals surface area contributed by atoms with Crippen molar-refractivity contribution >= 4 is 0 Å². The van der Waals surface area contributed by atoms with E-state index in [2.05, 4.69) is 32.9 Å². The first-order chi connectivity index (χ1) is 8.33. The van der Waals surface area contributed by atoms with Crippen LogP contribution in [-0.4, -0.2) is 53.8 Å². The van der Waals surface area contributed by atoms with E-state index in [0.29, 0.717) is 6.04 Å². The standard InChI is InChI=1S/C12H22N4O/c1-3-13-11(10-17-2)8-15-6-7-16-5-4-14-12(16)9-15/h4-5,11,13H,3,6-10H2,1-2H3. The lowest BCUT2D eigenvalue weighted by molar-refractivity contribution is 0.126. The van der Waals surface area contributed by atoms with Crippen LogP contribution >= 0.6 is 0 Å². The molecular formula is C12H22N4O. The van der Waals surface area contributed by atoms with Gasteiger partial charge in [0.25, 0.3) is 0 Å². The first-order valence-electron chi connectivity index (χ1n) is 6.28. The molecule has 0 spiro atoms. The molecule has 1 aromatic rings. The molecule has 17 heavy (non-hydrogen) atoms. The van der Waals surface area contributed by atoms with Crippen molar-refractivity contribution in [1.29, 1.82) is 0 Å². The van der Waals surface area contributed by atoms with Crippen LogP contribution in [-0.2, 0) is 17.8 Å². The molecule has 5 heteroatoms. The number of aromatic nitrogens is 2. The van der Waals surface area contributed by atoms with E-state index >= 15 is 0 Å². The summed E-state index contributed by atoms with van der Waals surface area (Å²) in [6.45, 7) is 7.98. The molecule has 2 heterocycles. The summed E-state index contributed by atoms with van der Waals surface area (Å²) < 4.78 is 7.47. The van der Waals surface area contributed by atoms with Crippen LogP contribution in [0.15, 0.2) is 12.4 Å². The number of hydrogen-bond donors (Lipinski definition) is 1. The van der Waals surface area contributed by atoms with Crippen LogP contribution in [0.4, 0.5) is 0 Å². The van der Waals surface area contributed by atoms with Crippen molar-refractivity contribution in [2.75, 3.05) is 33.4 Å². The van der Waals surface area contributed by atoms with Crippen molar-refractivity contribution in [2.45, 2.75) is 26.1 Å². The SMILES string of the molecule is CCNC(COC)CN1CCn2ccnc2C1. The number of ether oxygens (including phenoxy) is 1. The average Bonchev–Trinajstić information content (AvgIpc) is 2.77. The molecule has 1 atom stereocenters. The number of likely N-dealkylation sites (N-methyl/N-ethyl adjacent to an activating group) is 1. The van der Waals surface area contributed by atoms with Gasteiger partial charge in [0.05, 0.1) is 13.2 Å². The van der Waals surface area contributed by atoms with Crippen LogP contribution in [0.3, 0.4) is 0 Å². The van der Waals surface area contributed by atoms with E-state index in [4.69, 9.17) is 4.74 Å². The van der Waals surface area contributed by atoms with Gasteiger partial charge in [-0.1, -0.05) is 6.92 Å². The fourth-order valence-corrected chi connectivity index (χ4v) is 2.36. The van der Waals surface area contributed by atoms with Crippen LogP contribution in [0.25, 0.3) is 0 Å². The van der Waals surface area contributed by atoms with E-state index in [1.165, 1.54) is 5.82 Å². The minimum Gasteiger partial charge on any atom is -0.383 e. The zero-order valence-electron chi connectivity index (χ0n) is 10.7. The zero-order chi connectivity index (χ0) is 12.1. The topological polar surface area (TPSA) is 42.3 Å². The molecule has 1 unspecified atom stereocenters. The molecular weight excluding hydrogens is 216 g/mol. The van der Waals surface area contributed by atoms with Crippen molar-refractivity contribution in [1.82, 2.24) is 19.8 Å². The van der Waals surface area contributed by atoms with Crippen LogP contribution in [0.5, 0.6) is 0 Å². The first kappa shape index (κ1) is 12.5. The molecule has 5 nitrogen and oxygen atoms in total. The van der Waals surface area contributed by atoms with Gasteiger partial charge in [-0.15, -0.1) is 0 Å². The predicted octanol–water partition coefficient (Wildman–Crippen LogP) is 0.323. The fraction of sp³-hybridized carbons (Fsp3) is 0.750. The van der Waals surface area contributed by atoms with Gasteiger partial charge in [0.15, 0.2) is 0 Å². The maximum atomic E-state index is 5.24. The lowest BCUT2D eigenvalue weighted by Crippen LogP contribution is -2.46. The molecule has 0 bridgehead atoms. The number of nitrogens with one attached hydrogen (secondary N) is 1. The summed E-state index contributed by atoms with van der Waals surface area (Å²) in [6, 6.07) is 0.409. The highest BCUT2D eigenvalue weighted by atomic mass is 16.5. The highest BCUT2D eigenvalue weighted by Gasteiger charge is 2.19. The average molecular weight is 238 g/mol. The van der Waals surface area contributed by atoms with Gasteiger partial charge in [0.2, 0.25) is 0 Å². The number of imidazole rings is 1. The fourth-order valence-electron chi connectivity index (χ4n) is 2.36. The van der Waals surface area contributed by atoms with Crippen LogP contribution < -0.4 is 5.32 Å². The third-order valence-electron chi connectivity index (χ3n) is 3.16. The maximum Gasteiger partial charge on any atom is 0.122 e. The number of nitrogens with zero attached hydrogens (tertiary/aromatic N) is 3. The predicted molar refractivity (Wildman–Crippen MR) is 66.8 cm³/mol.